The number of benzene rings is 1. The van der Waals surface area contributed by atoms with Crippen molar-refractivity contribution in [2.75, 3.05) is 11.4 Å². The number of nitrogens with one attached hydrogen (secondary N) is 1. The first-order chi connectivity index (χ1) is 10.9. The number of carbonyl (C=O) groups excluding carboxylic acids is 2. The Hall–Kier alpha value is -2.44. The number of nitrogens with zero attached hydrogens (tertiary/aromatic N) is 1. The number of carboxylic acids is 1. The Labute approximate surface area is 132 Å². The van der Waals surface area contributed by atoms with Crippen molar-refractivity contribution in [2.45, 2.75) is 31.2 Å². The molecule has 0 radical (unpaired) electrons. The number of halogens is 1. The number of anilines is 1. The maximum Gasteiger partial charge on any atom is 0.329 e. The monoisotopic (exact) mass is 320 g/mol. The third-order valence-electron chi connectivity index (χ3n) is 4.64. The first kappa shape index (κ1) is 15.5. The Balaban J connectivity index is 1.70. The summed E-state index contributed by atoms with van der Waals surface area (Å²) < 4.78 is 13.0. The summed E-state index contributed by atoms with van der Waals surface area (Å²) in [5.74, 6) is -3.27. The number of aliphatic carboxylic acids is 1. The Morgan fingerprint density at radius 2 is 1.91 bits per heavy atom. The fourth-order valence-corrected chi connectivity index (χ4v) is 3.05. The van der Waals surface area contributed by atoms with Crippen LogP contribution in [0.3, 0.4) is 0 Å². The molecule has 3 rings (SSSR count). The molecule has 2 amide bonds. The standard InChI is InChI=1S/C16H17FN2O4/c17-10-2-4-11(5-3-10)19-9-6-12(14(19)21)13(20)18-16(15(22)23)7-1-8-16/h2-5,12H,1,6-9H2,(H,18,20)(H,22,23). The number of hydrogen-bond acceptors (Lipinski definition) is 3. The molecule has 1 aliphatic heterocycles. The molecule has 7 heteroatoms. The van der Waals surface area contributed by atoms with Crippen LogP contribution < -0.4 is 10.2 Å². The van der Waals surface area contributed by atoms with Gasteiger partial charge in [0.15, 0.2) is 0 Å². The topological polar surface area (TPSA) is 86.7 Å². The van der Waals surface area contributed by atoms with Crippen molar-refractivity contribution in [3.05, 3.63) is 30.1 Å². The van der Waals surface area contributed by atoms with Crippen LogP contribution >= 0.6 is 0 Å². The van der Waals surface area contributed by atoms with Crippen LogP contribution in [0.1, 0.15) is 25.7 Å². The summed E-state index contributed by atoms with van der Waals surface area (Å²) in [5, 5.41) is 11.8. The predicted molar refractivity (Wildman–Crippen MR) is 79.2 cm³/mol. The van der Waals surface area contributed by atoms with Crippen LogP contribution in [0, 0.1) is 11.7 Å². The fraction of sp³-hybridized carbons (Fsp3) is 0.438. The smallest absolute Gasteiger partial charge is 0.329 e. The maximum atomic E-state index is 13.0. The molecule has 0 aromatic heterocycles. The van der Waals surface area contributed by atoms with Crippen LogP contribution in [0.4, 0.5) is 10.1 Å². The zero-order valence-corrected chi connectivity index (χ0v) is 12.4. The van der Waals surface area contributed by atoms with Crippen molar-refractivity contribution in [3.8, 4) is 0 Å². The highest BCUT2D eigenvalue weighted by Crippen LogP contribution is 2.33. The van der Waals surface area contributed by atoms with E-state index in [1.165, 1.54) is 29.2 Å². The number of hydrogen-bond donors (Lipinski definition) is 2. The van der Waals surface area contributed by atoms with Crippen molar-refractivity contribution in [1.29, 1.82) is 0 Å². The minimum atomic E-state index is -1.22. The molecule has 0 bridgehead atoms. The highest BCUT2D eigenvalue weighted by Gasteiger charge is 2.48. The Morgan fingerprint density at radius 1 is 1.26 bits per heavy atom. The molecule has 1 aromatic rings. The van der Waals surface area contributed by atoms with Gasteiger partial charge in [0, 0.05) is 12.2 Å². The van der Waals surface area contributed by atoms with E-state index in [0.29, 0.717) is 31.5 Å². The molecule has 2 aliphatic rings. The lowest BCUT2D eigenvalue weighted by atomic mass is 9.76. The molecule has 2 fully saturated rings. The van der Waals surface area contributed by atoms with Gasteiger partial charge in [-0.1, -0.05) is 0 Å². The normalized spacial score (nSPS) is 22.6. The van der Waals surface area contributed by atoms with Gasteiger partial charge in [-0.25, -0.2) is 9.18 Å². The number of carboxylic acid groups (broad SMARTS) is 1. The van der Waals surface area contributed by atoms with Gasteiger partial charge in [0.05, 0.1) is 0 Å². The Bertz CT molecular complexity index is 655. The summed E-state index contributed by atoms with van der Waals surface area (Å²) in [5.41, 5.74) is -0.691. The molecule has 2 N–H and O–H groups in total. The van der Waals surface area contributed by atoms with Crippen LogP contribution in [-0.4, -0.2) is 35.0 Å². The number of amides is 2. The minimum Gasteiger partial charge on any atom is -0.480 e. The quantitative estimate of drug-likeness (QED) is 0.819. The molecule has 122 valence electrons. The molecular formula is C16H17FN2O4. The van der Waals surface area contributed by atoms with Crippen LogP contribution in [0.15, 0.2) is 24.3 Å². The summed E-state index contributed by atoms with van der Waals surface area (Å²) in [4.78, 5) is 37.5. The maximum absolute atomic E-state index is 13.0. The lowest BCUT2D eigenvalue weighted by Gasteiger charge is -2.38. The van der Waals surface area contributed by atoms with Gasteiger partial charge < -0.3 is 15.3 Å². The first-order valence-corrected chi connectivity index (χ1v) is 7.55. The Morgan fingerprint density at radius 3 is 2.43 bits per heavy atom. The van der Waals surface area contributed by atoms with Gasteiger partial charge in [0.2, 0.25) is 11.8 Å². The van der Waals surface area contributed by atoms with Gasteiger partial charge in [-0.3, -0.25) is 9.59 Å². The van der Waals surface area contributed by atoms with Gasteiger partial charge >= 0.3 is 5.97 Å². The van der Waals surface area contributed by atoms with Crippen LogP contribution in [-0.2, 0) is 14.4 Å². The highest BCUT2D eigenvalue weighted by molar-refractivity contribution is 6.10. The Kier molecular flexibility index (Phi) is 3.79. The average Bonchev–Trinajstić information content (AvgIpc) is 2.85. The van der Waals surface area contributed by atoms with E-state index in [1.807, 2.05) is 0 Å². The predicted octanol–water partition coefficient (Wildman–Crippen LogP) is 1.30. The summed E-state index contributed by atoms with van der Waals surface area (Å²) >= 11 is 0. The largest absolute Gasteiger partial charge is 0.480 e. The van der Waals surface area contributed by atoms with Crippen molar-refractivity contribution in [2.24, 2.45) is 5.92 Å². The second-order valence-corrected chi connectivity index (χ2v) is 6.04. The second-order valence-electron chi connectivity index (χ2n) is 6.04. The summed E-state index contributed by atoms with van der Waals surface area (Å²) in [6.45, 7) is 0.350. The van der Waals surface area contributed by atoms with Crippen LogP contribution in [0.5, 0.6) is 0 Å². The summed E-state index contributed by atoms with van der Waals surface area (Å²) in [7, 11) is 0. The van der Waals surface area contributed by atoms with Crippen molar-refractivity contribution in [3.63, 3.8) is 0 Å². The van der Waals surface area contributed by atoms with Crippen LogP contribution in [0.2, 0.25) is 0 Å². The van der Waals surface area contributed by atoms with E-state index in [-0.39, 0.29) is 5.91 Å². The SMILES string of the molecule is O=C(NC1(C(=O)O)CCC1)C1CCN(c2ccc(F)cc2)C1=O. The van der Waals surface area contributed by atoms with Crippen molar-refractivity contribution >= 4 is 23.5 Å². The van der Waals surface area contributed by atoms with Gasteiger partial charge in [-0.15, -0.1) is 0 Å². The molecule has 1 saturated carbocycles. The highest BCUT2D eigenvalue weighted by atomic mass is 19.1. The molecule has 1 aromatic carbocycles. The first-order valence-electron chi connectivity index (χ1n) is 7.55. The third-order valence-corrected chi connectivity index (χ3v) is 4.64. The van der Waals surface area contributed by atoms with Crippen molar-refractivity contribution < 1.29 is 23.9 Å². The molecule has 1 aliphatic carbocycles. The van der Waals surface area contributed by atoms with E-state index < -0.39 is 29.2 Å². The molecule has 6 nitrogen and oxygen atoms in total. The molecule has 1 atom stereocenters. The summed E-state index contributed by atoms with van der Waals surface area (Å²) in [6, 6.07) is 5.48. The van der Waals surface area contributed by atoms with Gasteiger partial charge in [0.1, 0.15) is 17.3 Å². The van der Waals surface area contributed by atoms with Crippen LogP contribution in [0.25, 0.3) is 0 Å². The van der Waals surface area contributed by atoms with Gasteiger partial charge in [0.25, 0.3) is 0 Å². The van der Waals surface area contributed by atoms with E-state index in [9.17, 15) is 23.9 Å². The van der Waals surface area contributed by atoms with E-state index in [2.05, 4.69) is 5.32 Å². The van der Waals surface area contributed by atoms with Gasteiger partial charge in [-0.2, -0.15) is 0 Å². The lowest BCUT2D eigenvalue weighted by molar-refractivity contribution is -0.153. The summed E-state index contributed by atoms with van der Waals surface area (Å²) in [6.07, 6.45) is 1.83. The average molecular weight is 320 g/mol. The third kappa shape index (κ3) is 2.67. The molecule has 23 heavy (non-hydrogen) atoms. The zero-order valence-electron chi connectivity index (χ0n) is 12.4. The number of rotatable bonds is 4. The van der Waals surface area contributed by atoms with E-state index in [1.54, 1.807) is 0 Å². The van der Waals surface area contributed by atoms with E-state index in [0.717, 1.165) is 6.42 Å². The molecule has 1 heterocycles. The molecule has 1 unspecified atom stereocenters. The zero-order chi connectivity index (χ0) is 16.6. The lowest BCUT2D eigenvalue weighted by Crippen LogP contribution is -2.60. The van der Waals surface area contributed by atoms with Gasteiger partial charge in [-0.05, 0) is 49.9 Å². The molecule has 0 spiro atoms. The van der Waals surface area contributed by atoms with Crippen molar-refractivity contribution in [1.82, 2.24) is 5.32 Å². The minimum absolute atomic E-state index is 0.317. The molecule has 1 saturated heterocycles. The second kappa shape index (κ2) is 5.64. The molecular weight excluding hydrogens is 303 g/mol. The van der Waals surface area contributed by atoms with E-state index >= 15 is 0 Å². The number of carbonyl (C=O) groups is 3. The fourth-order valence-electron chi connectivity index (χ4n) is 3.05. The van der Waals surface area contributed by atoms with E-state index in [4.69, 9.17) is 0 Å².